The molecule has 0 spiro atoms. The number of esters is 1. The van der Waals surface area contributed by atoms with Crippen molar-refractivity contribution in [3.05, 3.63) is 0 Å². The van der Waals surface area contributed by atoms with Gasteiger partial charge in [0.1, 0.15) is 0 Å². The number of rotatable bonds is 6. The highest BCUT2D eigenvalue weighted by molar-refractivity contribution is 7.98. The Bertz CT molecular complexity index is 176. The van der Waals surface area contributed by atoms with Gasteiger partial charge in [-0.25, -0.2) is 0 Å². The highest BCUT2D eigenvalue weighted by atomic mass is 32.2. The monoisotopic (exact) mass is 219 g/mol. The Morgan fingerprint density at radius 1 is 1.50 bits per heavy atom. The SMILES string of the molecule is COC(=O)C(C)CN(C)C(C)CSC. The van der Waals surface area contributed by atoms with E-state index in [-0.39, 0.29) is 11.9 Å². The van der Waals surface area contributed by atoms with E-state index < -0.39 is 0 Å². The minimum Gasteiger partial charge on any atom is -0.469 e. The molecule has 0 N–H and O–H groups in total. The van der Waals surface area contributed by atoms with Crippen molar-refractivity contribution in [1.29, 1.82) is 0 Å². The first-order valence-electron chi connectivity index (χ1n) is 4.79. The molecule has 0 heterocycles. The van der Waals surface area contributed by atoms with E-state index in [1.807, 2.05) is 25.7 Å². The quantitative estimate of drug-likeness (QED) is 0.633. The number of carbonyl (C=O) groups is 1. The van der Waals surface area contributed by atoms with Crippen LogP contribution in [0.15, 0.2) is 0 Å². The van der Waals surface area contributed by atoms with Crippen molar-refractivity contribution in [2.75, 3.05) is 32.7 Å². The molecule has 0 radical (unpaired) electrons. The first-order chi connectivity index (χ1) is 6.52. The summed E-state index contributed by atoms with van der Waals surface area (Å²) < 4.78 is 4.68. The van der Waals surface area contributed by atoms with Crippen LogP contribution >= 0.6 is 11.8 Å². The molecule has 0 aliphatic rings. The Kier molecular flexibility index (Phi) is 7.01. The topological polar surface area (TPSA) is 29.5 Å². The van der Waals surface area contributed by atoms with Gasteiger partial charge in [0, 0.05) is 18.3 Å². The summed E-state index contributed by atoms with van der Waals surface area (Å²) >= 11 is 1.82. The molecular weight excluding hydrogens is 198 g/mol. The fraction of sp³-hybridized carbons (Fsp3) is 0.900. The molecule has 0 rings (SSSR count). The molecular formula is C10H21NO2S. The summed E-state index contributed by atoms with van der Waals surface area (Å²) in [4.78, 5) is 13.4. The Balaban J connectivity index is 3.91. The van der Waals surface area contributed by atoms with Gasteiger partial charge in [-0.3, -0.25) is 4.79 Å². The van der Waals surface area contributed by atoms with Gasteiger partial charge in [0.2, 0.25) is 0 Å². The first kappa shape index (κ1) is 13.8. The van der Waals surface area contributed by atoms with Gasteiger partial charge >= 0.3 is 5.97 Å². The molecule has 0 aliphatic heterocycles. The van der Waals surface area contributed by atoms with E-state index in [2.05, 4.69) is 22.8 Å². The van der Waals surface area contributed by atoms with Crippen LogP contribution in [0.3, 0.4) is 0 Å². The third-order valence-corrected chi connectivity index (χ3v) is 3.14. The Morgan fingerprint density at radius 3 is 2.50 bits per heavy atom. The lowest BCUT2D eigenvalue weighted by atomic mass is 10.1. The number of hydrogen-bond acceptors (Lipinski definition) is 4. The minimum atomic E-state index is -0.131. The van der Waals surface area contributed by atoms with Gasteiger partial charge in [-0.05, 0) is 20.2 Å². The van der Waals surface area contributed by atoms with E-state index in [1.165, 1.54) is 7.11 Å². The van der Waals surface area contributed by atoms with Crippen LogP contribution in [0.5, 0.6) is 0 Å². The zero-order valence-electron chi connectivity index (χ0n) is 9.74. The summed E-state index contributed by atoms with van der Waals surface area (Å²) in [6.45, 7) is 4.82. The first-order valence-corrected chi connectivity index (χ1v) is 6.19. The average molecular weight is 219 g/mol. The standard InChI is InChI=1S/C10H21NO2S/c1-8(10(12)13-4)6-11(3)9(2)7-14-5/h8-9H,6-7H2,1-5H3. The van der Waals surface area contributed by atoms with Gasteiger partial charge in [-0.1, -0.05) is 6.92 Å². The van der Waals surface area contributed by atoms with Crippen molar-refractivity contribution in [3.8, 4) is 0 Å². The van der Waals surface area contributed by atoms with Crippen LogP contribution in [0.1, 0.15) is 13.8 Å². The average Bonchev–Trinajstić information content (AvgIpc) is 2.16. The van der Waals surface area contributed by atoms with Crippen molar-refractivity contribution in [2.45, 2.75) is 19.9 Å². The van der Waals surface area contributed by atoms with Gasteiger partial charge in [-0.15, -0.1) is 0 Å². The summed E-state index contributed by atoms with van der Waals surface area (Å²) in [5, 5.41) is 0. The van der Waals surface area contributed by atoms with E-state index in [0.29, 0.717) is 6.04 Å². The summed E-state index contributed by atoms with van der Waals surface area (Å²) in [6, 6.07) is 0.497. The van der Waals surface area contributed by atoms with Crippen molar-refractivity contribution in [3.63, 3.8) is 0 Å². The van der Waals surface area contributed by atoms with E-state index in [0.717, 1.165) is 12.3 Å². The van der Waals surface area contributed by atoms with Gasteiger partial charge in [0.25, 0.3) is 0 Å². The van der Waals surface area contributed by atoms with Gasteiger partial charge in [0.05, 0.1) is 13.0 Å². The fourth-order valence-corrected chi connectivity index (χ4v) is 1.99. The van der Waals surface area contributed by atoms with Crippen molar-refractivity contribution >= 4 is 17.7 Å². The molecule has 0 fully saturated rings. The molecule has 0 aromatic rings. The molecule has 4 heteroatoms. The molecule has 0 aromatic heterocycles. The minimum absolute atomic E-state index is 0.0469. The van der Waals surface area contributed by atoms with E-state index in [9.17, 15) is 4.79 Å². The number of nitrogens with zero attached hydrogens (tertiary/aromatic N) is 1. The maximum absolute atomic E-state index is 11.2. The number of hydrogen-bond donors (Lipinski definition) is 0. The van der Waals surface area contributed by atoms with Crippen LogP contribution in [-0.2, 0) is 9.53 Å². The van der Waals surface area contributed by atoms with Gasteiger partial charge in [0.15, 0.2) is 0 Å². The molecule has 0 aliphatic carbocycles. The van der Waals surface area contributed by atoms with Crippen LogP contribution in [0.25, 0.3) is 0 Å². The highest BCUT2D eigenvalue weighted by Crippen LogP contribution is 2.07. The van der Waals surface area contributed by atoms with Gasteiger partial charge in [-0.2, -0.15) is 11.8 Å². The van der Waals surface area contributed by atoms with Crippen LogP contribution in [-0.4, -0.2) is 49.6 Å². The van der Waals surface area contributed by atoms with Crippen molar-refractivity contribution in [2.24, 2.45) is 5.92 Å². The zero-order valence-corrected chi connectivity index (χ0v) is 10.6. The molecule has 3 nitrogen and oxygen atoms in total. The molecule has 0 amide bonds. The maximum atomic E-state index is 11.2. The maximum Gasteiger partial charge on any atom is 0.309 e. The van der Waals surface area contributed by atoms with Crippen LogP contribution in [0.4, 0.5) is 0 Å². The number of ether oxygens (including phenoxy) is 1. The lowest BCUT2D eigenvalue weighted by Gasteiger charge is -2.26. The molecule has 0 saturated heterocycles. The lowest BCUT2D eigenvalue weighted by molar-refractivity contribution is -0.145. The van der Waals surface area contributed by atoms with Crippen LogP contribution in [0, 0.1) is 5.92 Å². The highest BCUT2D eigenvalue weighted by Gasteiger charge is 2.17. The predicted molar refractivity (Wildman–Crippen MR) is 61.7 cm³/mol. The largest absolute Gasteiger partial charge is 0.469 e. The summed E-state index contributed by atoms with van der Waals surface area (Å²) in [5.74, 6) is 0.909. The summed E-state index contributed by atoms with van der Waals surface area (Å²) in [5.41, 5.74) is 0. The second-order valence-corrected chi connectivity index (χ2v) is 4.58. The molecule has 0 aromatic carbocycles. The van der Waals surface area contributed by atoms with E-state index in [4.69, 9.17) is 0 Å². The Morgan fingerprint density at radius 2 is 2.07 bits per heavy atom. The number of carbonyl (C=O) groups excluding carboxylic acids is 1. The predicted octanol–water partition coefficient (Wildman–Crippen LogP) is 1.48. The third-order valence-electron chi connectivity index (χ3n) is 2.33. The smallest absolute Gasteiger partial charge is 0.309 e. The fourth-order valence-electron chi connectivity index (χ4n) is 1.26. The van der Waals surface area contributed by atoms with Crippen molar-refractivity contribution in [1.82, 2.24) is 4.90 Å². The second-order valence-electron chi connectivity index (χ2n) is 3.67. The van der Waals surface area contributed by atoms with Gasteiger partial charge < -0.3 is 9.64 Å². The van der Waals surface area contributed by atoms with Crippen LogP contribution < -0.4 is 0 Å². The van der Waals surface area contributed by atoms with Crippen molar-refractivity contribution < 1.29 is 9.53 Å². The molecule has 0 bridgehead atoms. The number of methoxy groups -OCH3 is 1. The zero-order chi connectivity index (χ0) is 11.1. The molecule has 0 saturated carbocycles. The van der Waals surface area contributed by atoms with E-state index in [1.54, 1.807) is 0 Å². The van der Waals surface area contributed by atoms with Crippen LogP contribution in [0.2, 0.25) is 0 Å². The summed E-state index contributed by atoms with van der Waals surface area (Å²) in [6.07, 6.45) is 2.09. The second kappa shape index (κ2) is 7.12. The molecule has 2 unspecified atom stereocenters. The molecule has 14 heavy (non-hydrogen) atoms. The molecule has 2 atom stereocenters. The Hall–Kier alpha value is -0.220. The normalized spacial score (nSPS) is 15.3. The molecule has 84 valence electrons. The summed E-state index contributed by atoms with van der Waals surface area (Å²) in [7, 11) is 3.48. The van der Waals surface area contributed by atoms with E-state index >= 15 is 0 Å². The third kappa shape index (κ3) is 4.86. The number of thioether (sulfide) groups is 1. The lowest BCUT2D eigenvalue weighted by Crippen LogP contribution is -2.36. The Labute approximate surface area is 91.2 Å².